The number of H-pyrrole nitrogens is 1. The fourth-order valence-electron chi connectivity index (χ4n) is 2.62. The lowest BCUT2D eigenvalue weighted by atomic mass is 10.2. The number of carbonyl (C=O) groups excluding carboxylic acids is 1. The van der Waals surface area contributed by atoms with Crippen LogP contribution in [0.2, 0.25) is 0 Å². The van der Waals surface area contributed by atoms with Gasteiger partial charge in [0.05, 0.1) is 13.3 Å². The topological polar surface area (TPSA) is 63.1 Å². The molecule has 0 amide bonds. The number of hydrogen-bond donors (Lipinski definition) is 1. The number of aromatic amines is 1. The van der Waals surface area contributed by atoms with E-state index in [4.69, 9.17) is 17.0 Å². The monoisotopic (exact) mass is 364 g/mol. The molecule has 1 aromatic carbocycles. The second kappa shape index (κ2) is 7.96. The number of esters is 1. The summed E-state index contributed by atoms with van der Waals surface area (Å²) in [7, 11) is 0. The van der Waals surface area contributed by atoms with Crippen LogP contribution < -0.4 is 0 Å². The maximum atomic E-state index is 12.2. The molecule has 1 unspecified atom stereocenters. The second-order valence-corrected chi connectivity index (χ2v) is 6.96. The van der Waals surface area contributed by atoms with Crippen molar-refractivity contribution in [1.82, 2.24) is 19.7 Å². The molecular weight excluding hydrogens is 344 g/mol. The van der Waals surface area contributed by atoms with Crippen molar-refractivity contribution in [1.29, 1.82) is 0 Å². The molecule has 1 atom stereocenters. The Morgan fingerprint density at radius 3 is 3.00 bits per heavy atom. The lowest BCUT2D eigenvalue weighted by molar-refractivity contribution is -0.149. The molecule has 2 aromatic rings. The summed E-state index contributed by atoms with van der Waals surface area (Å²) in [6, 6.07) is 9.61. The first-order valence-electron chi connectivity index (χ1n) is 7.89. The number of carbonyl (C=O) groups is 1. The largest absolute Gasteiger partial charge is 0.465 e. The summed E-state index contributed by atoms with van der Waals surface area (Å²) < 4.78 is 7.49. The number of benzene rings is 1. The molecule has 0 spiro atoms. The van der Waals surface area contributed by atoms with Crippen LogP contribution >= 0.6 is 24.0 Å². The summed E-state index contributed by atoms with van der Waals surface area (Å²) in [6.07, 6.45) is 0. The minimum Gasteiger partial charge on any atom is -0.465 e. The molecule has 1 aromatic heterocycles. The summed E-state index contributed by atoms with van der Waals surface area (Å²) >= 11 is 7.14. The molecule has 2 heterocycles. The van der Waals surface area contributed by atoms with E-state index in [-0.39, 0.29) is 12.0 Å². The van der Waals surface area contributed by atoms with Crippen molar-refractivity contribution in [3.05, 3.63) is 35.1 Å². The minimum absolute atomic E-state index is 0.168. The zero-order chi connectivity index (χ0) is 16.9. The van der Waals surface area contributed by atoms with E-state index in [1.54, 1.807) is 16.4 Å². The molecule has 6 nitrogen and oxygen atoms in total. The van der Waals surface area contributed by atoms with Gasteiger partial charge in [0.15, 0.2) is 5.82 Å². The molecule has 1 fully saturated rings. The maximum Gasteiger partial charge on any atom is 0.324 e. The van der Waals surface area contributed by atoms with Crippen LogP contribution in [0, 0.1) is 4.77 Å². The SMILES string of the molecule is CCOC(=O)C1CSCCN1Cn1[nH]c(-c2ccccc2)nc1=S. The zero-order valence-electron chi connectivity index (χ0n) is 13.5. The summed E-state index contributed by atoms with van der Waals surface area (Å²) in [4.78, 5) is 18.7. The smallest absolute Gasteiger partial charge is 0.324 e. The van der Waals surface area contributed by atoms with E-state index in [2.05, 4.69) is 15.0 Å². The number of rotatable bonds is 5. The van der Waals surface area contributed by atoms with Crippen molar-refractivity contribution >= 4 is 29.9 Å². The normalized spacial score (nSPS) is 18.5. The van der Waals surface area contributed by atoms with Crippen LogP contribution in [-0.4, -0.2) is 56.3 Å². The average Bonchev–Trinajstić information content (AvgIpc) is 2.97. The van der Waals surface area contributed by atoms with Gasteiger partial charge in [-0.1, -0.05) is 30.3 Å². The first-order chi connectivity index (χ1) is 11.7. The maximum absolute atomic E-state index is 12.2. The molecule has 0 radical (unpaired) electrons. The van der Waals surface area contributed by atoms with E-state index in [0.29, 0.717) is 18.0 Å². The lowest BCUT2D eigenvalue weighted by Crippen LogP contribution is -2.48. The number of nitrogens with zero attached hydrogens (tertiary/aromatic N) is 3. The Morgan fingerprint density at radius 2 is 2.25 bits per heavy atom. The van der Waals surface area contributed by atoms with Crippen LogP contribution in [0.4, 0.5) is 0 Å². The highest BCUT2D eigenvalue weighted by Crippen LogP contribution is 2.19. The van der Waals surface area contributed by atoms with Crippen LogP contribution in [0.1, 0.15) is 6.92 Å². The quantitative estimate of drug-likeness (QED) is 0.650. The molecule has 0 aliphatic carbocycles. The highest BCUT2D eigenvalue weighted by atomic mass is 32.2. The van der Waals surface area contributed by atoms with Crippen molar-refractivity contribution in [2.75, 3.05) is 24.7 Å². The molecule has 3 rings (SSSR count). The van der Waals surface area contributed by atoms with E-state index in [1.807, 2.05) is 37.3 Å². The van der Waals surface area contributed by atoms with Gasteiger partial charge in [-0.25, -0.2) is 4.68 Å². The average molecular weight is 364 g/mol. The Kier molecular flexibility index (Phi) is 5.70. The third kappa shape index (κ3) is 3.88. The van der Waals surface area contributed by atoms with Gasteiger partial charge in [-0.3, -0.25) is 14.8 Å². The molecule has 1 saturated heterocycles. The Morgan fingerprint density at radius 1 is 1.46 bits per heavy atom. The van der Waals surface area contributed by atoms with Crippen LogP contribution in [-0.2, 0) is 16.2 Å². The highest BCUT2D eigenvalue weighted by molar-refractivity contribution is 7.99. The molecular formula is C16H20N4O2S2. The Bertz CT molecular complexity index is 744. The molecule has 1 N–H and O–H groups in total. The van der Waals surface area contributed by atoms with Gasteiger partial charge in [0, 0.05) is 23.6 Å². The van der Waals surface area contributed by atoms with Gasteiger partial charge in [0.25, 0.3) is 0 Å². The van der Waals surface area contributed by atoms with Gasteiger partial charge in [0.2, 0.25) is 4.77 Å². The van der Waals surface area contributed by atoms with Crippen LogP contribution in [0.5, 0.6) is 0 Å². The third-order valence-corrected chi connectivity index (χ3v) is 5.18. The number of aromatic nitrogens is 3. The number of hydrogen-bond acceptors (Lipinski definition) is 6. The molecule has 0 bridgehead atoms. The molecule has 24 heavy (non-hydrogen) atoms. The van der Waals surface area contributed by atoms with Crippen molar-refractivity contribution in [2.24, 2.45) is 0 Å². The van der Waals surface area contributed by atoms with Crippen LogP contribution in [0.3, 0.4) is 0 Å². The van der Waals surface area contributed by atoms with Crippen molar-refractivity contribution in [3.63, 3.8) is 0 Å². The molecule has 1 aliphatic rings. The van der Waals surface area contributed by atoms with Gasteiger partial charge >= 0.3 is 5.97 Å². The Labute approximate surface area is 150 Å². The Balaban J connectivity index is 1.78. The van der Waals surface area contributed by atoms with E-state index >= 15 is 0 Å². The summed E-state index contributed by atoms with van der Waals surface area (Å²) in [6.45, 7) is 3.54. The van der Waals surface area contributed by atoms with Gasteiger partial charge in [-0.2, -0.15) is 16.7 Å². The van der Waals surface area contributed by atoms with Gasteiger partial charge in [-0.05, 0) is 19.1 Å². The zero-order valence-corrected chi connectivity index (χ0v) is 15.1. The predicted molar refractivity (Wildman–Crippen MR) is 97.3 cm³/mol. The number of thioether (sulfide) groups is 1. The van der Waals surface area contributed by atoms with Crippen LogP contribution in [0.25, 0.3) is 11.4 Å². The lowest BCUT2D eigenvalue weighted by Gasteiger charge is -2.33. The second-order valence-electron chi connectivity index (χ2n) is 5.45. The van der Waals surface area contributed by atoms with Gasteiger partial charge in [0.1, 0.15) is 6.04 Å². The van der Waals surface area contributed by atoms with E-state index < -0.39 is 0 Å². The van der Waals surface area contributed by atoms with E-state index in [1.165, 1.54) is 0 Å². The van der Waals surface area contributed by atoms with Crippen molar-refractivity contribution in [2.45, 2.75) is 19.6 Å². The van der Waals surface area contributed by atoms with Crippen LogP contribution in [0.15, 0.2) is 30.3 Å². The van der Waals surface area contributed by atoms with Gasteiger partial charge < -0.3 is 4.74 Å². The number of nitrogens with one attached hydrogen (secondary N) is 1. The van der Waals surface area contributed by atoms with Gasteiger partial charge in [-0.15, -0.1) is 0 Å². The number of ether oxygens (including phenoxy) is 1. The van der Waals surface area contributed by atoms with E-state index in [0.717, 1.165) is 29.4 Å². The molecule has 8 heteroatoms. The summed E-state index contributed by atoms with van der Waals surface area (Å²) in [5.74, 6) is 2.30. The third-order valence-electron chi connectivity index (χ3n) is 3.85. The highest BCUT2D eigenvalue weighted by Gasteiger charge is 2.30. The van der Waals surface area contributed by atoms with Crippen molar-refractivity contribution < 1.29 is 9.53 Å². The molecule has 0 saturated carbocycles. The fraction of sp³-hybridized carbons (Fsp3) is 0.438. The summed E-state index contributed by atoms with van der Waals surface area (Å²) in [5, 5.41) is 3.24. The first-order valence-corrected chi connectivity index (χ1v) is 9.46. The Hall–Kier alpha value is -1.64. The van der Waals surface area contributed by atoms with E-state index in [9.17, 15) is 4.79 Å². The van der Waals surface area contributed by atoms with Crippen molar-refractivity contribution in [3.8, 4) is 11.4 Å². The predicted octanol–water partition coefficient (Wildman–Crippen LogP) is 2.55. The summed E-state index contributed by atoms with van der Waals surface area (Å²) in [5.41, 5.74) is 0.985. The first kappa shape index (κ1) is 17.2. The molecule has 1 aliphatic heterocycles. The standard InChI is InChI=1S/C16H20N4O2S2/c1-2-22-15(21)13-10-24-9-8-19(13)11-20-16(23)17-14(18-20)12-6-4-3-5-7-12/h3-7,13H,2,8-11H2,1H3,(H,17,18,23). The molecule has 128 valence electrons. The minimum atomic E-state index is -0.242. The fourth-order valence-corrected chi connectivity index (χ4v) is 3.92.